The molecule has 2 N–H and O–H groups in total. The molecule has 0 rings (SSSR count). The molecule has 0 saturated carbocycles. The van der Waals surface area contributed by atoms with Gasteiger partial charge in [0.1, 0.15) is 0 Å². The van der Waals surface area contributed by atoms with E-state index in [0.717, 1.165) is 12.8 Å². The van der Waals surface area contributed by atoms with Crippen molar-refractivity contribution in [1.29, 1.82) is 0 Å². The molecule has 0 heterocycles. The third-order valence-corrected chi connectivity index (χ3v) is 3.19. The van der Waals surface area contributed by atoms with Crippen molar-refractivity contribution < 1.29 is 26.6 Å². The molecule has 0 aromatic heterocycles. The van der Waals surface area contributed by atoms with E-state index in [1.54, 1.807) is 45.0 Å². The van der Waals surface area contributed by atoms with Crippen LogP contribution in [0.4, 0.5) is 0 Å². The van der Waals surface area contributed by atoms with E-state index in [2.05, 4.69) is 0 Å². The maximum atomic E-state index is 8.21. The van der Waals surface area contributed by atoms with E-state index in [-0.39, 0.29) is 16.4 Å². The van der Waals surface area contributed by atoms with E-state index in [4.69, 9.17) is 10.2 Å². The number of aliphatic hydroxyl groups is 2. The number of hydrogen-bond acceptors (Lipinski definition) is 2. The van der Waals surface area contributed by atoms with Gasteiger partial charge in [0.25, 0.3) is 0 Å². The van der Waals surface area contributed by atoms with Gasteiger partial charge in [0.2, 0.25) is 0 Å². The molecule has 7 heteroatoms. The zero-order valence-corrected chi connectivity index (χ0v) is 14.5. The molecule has 0 atom stereocenters. The fraction of sp³-hybridized carbons (Fsp3) is 1.00. The van der Waals surface area contributed by atoms with E-state index in [1.807, 2.05) is 0 Å². The average molecular weight is 432 g/mol. The number of aliphatic hydroxyl groups excluding tert-OH is 2. The molecule has 0 radical (unpaired) electrons. The van der Waals surface area contributed by atoms with Gasteiger partial charge in [-0.05, 0) is 0 Å². The molecular weight excluding hydrogens is 414 g/mol. The largest absolute Gasteiger partial charge is 2.00 e. The summed E-state index contributed by atoms with van der Waals surface area (Å²) in [7, 11) is 0. The molecule has 0 bridgehead atoms. The second kappa shape index (κ2) is 36.1. The molecule has 0 aliphatic rings. The van der Waals surface area contributed by atoms with Crippen LogP contribution in [0.1, 0.15) is 25.7 Å². The summed E-state index contributed by atoms with van der Waals surface area (Å²) in [5.74, 6) is 0. The van der Waals surface area contributed by atoms with Crippen LogP contribution in [0, 0.1) is 0 Å². The van der Waals surface area contributed by atoms with E-state index < -0.39 is 0 Å². The summed E-state index contributed by atoms with van der Waals surface area (Å²) < 4.78 is 2.57. The second-order valence-electron chi connectivity index (χ2n) is 2.36. The standard InChI is InChI=1S/2C4H9O.3O.2Sn/c2*1-2-3-4-5;;;;;/h2*5H,1-4H2;;;;;/q;;3*-2;2*+3. The Kier molecular flexibility index (Phi) is 72.1. The summed E-state index contributed by atoms with van der Waals surface area (Å²) in [4.78, 5) is 0. The van der Waals surface area contributed by atoms with Gasteiger partial charge < -0.3 is 16.4 Å². The maximum Gasteiger partial charge on any atom is -2.00 e. The summed E-state index contributed by atoms with van der Waals surface area (Å²) in [6.45, 7) is 0.739. The Bertz CT molecular complexity index is 53.0. The van der Waals surface area contributed by atoms with Crippen molar-refractivity contribution >= 4 is 45.0 Å². The molecule has 88 valence electrons. The molecule has 0 aromatic rings. The predicted octanol–water partition coefficient (Wildman–Crippen LogP) is 0.335. The monoisotopic (exact) mass is 434 g/mol. The Labute approximate surface area is 119 Å². The summed E-state index contributed by atoms with van der Waals surface area (Å²) in [5.41, 5.74) is 0. The third-order valence-electron chi connectivity index (χ3n) is 1.17. The third kappa shape index (κ3) is 50.5. The number of unbranched alkanes of at least 4 members (excludes halogenated alkanes) is 2. The van der Waals surface area contributed by atoms with Crippen LogP contribution in [-0.4, -0.2) is 68.5 Å². The van der Waals surface area contributed by atoms with Crippen LogP contribution in [0.2, 0.25) is 8.87 Å². The average Bonchev–Trinajstić information content (AvgIpc) is 2.12. The molecule has 15 heavy (non-hydrogen) atoms. The first-order valence-corrected chi connectivity index (χ1v) is 8.38. The molecule has 0 spiro atoms. The van der Waals surface area contributed by atoms with Gasteiger partial charge in [0.15, 0.2) is 0 Å². The topological polar surface area (TPSA) is 126 Å². The first-order valence-electron chi connectivity index (χ1n) is 4.34. The van der Waals surface area contributed by atoms with Crippen LogP contribution >= 0.6 is 0 Å². The Hall–Kier alpha value is 1.40. The molecule has 0 unspecified atom stereocenters. The molecule has 0 aliphatic carbocycles. The van der Waals surface area contributed by atoms with Crippen LogP contribution < -0.4 is 0 Å². The van der Waals surface area contributed by atoms with Gasteiger partial charge in [0, 0.05) is 0 Å². The Morgan fingerprint density at radius 1 is 0.600 bits per heavy atom. The van der Waals surface area contributed by atoms with Crippen molar-refractivity contribution in [3.05, 3.63) is 0 Å². The SMILES string of the molecule is OCCC[CH2][Sn+3].OCCC[CH2][Sn+3].[O-2].[O-2].[O-2]. The van der Waals surface area contributed by atoms with E-state index >= 15 is 0 Å². The van der Waals surface area contributed by atoms with Gasteiger partial charge in [-0.25, -0.2) is 0 Å². The first kappa shape index (κ1) is 29.9. The van der Waals surface area contributed by atoms with Gasteiger partial charge in [-0.1, -0.05) is 0 Å². The quantitative estimate of drug-likeness (QED) is 0.464. The summed E-state index contributed by atoms with van der Waals surface area (Å²) in [6, 6.07) is 0. The second-order valence-corrected chi connectivity index (χ2v) is 5.22. The molecular formula is C8H18O5Sn2. The Balaban J connectivity index is -0.0000000370. The fourth-order valence-corrected chi connectivity index (χ4v) is 1.90. The van der Waals surface area contributed by atoms with Crippen LogP contribution in [0.25, 0.3) is 0 Å². The fourth-order valence-electron chi connectivity index (χ4n) is 0.474. The normalized spacial score (nSPS) is 7.33. The van der Waals surface area contributed by atoms with Gasteiger partial charge in [-0.15, -0.1) is 0 Å². The minimum absolute atomic E-state index is 0. The molecule has 0 aromatic carbocycles. The van der Waals surface area contributed by atoms with Gasteiger partial charge in [-0.3, -0.25) is 0 Å². The number of rotatable bonds is 6. The van der Waals surface area contributed by atoms with E-state index in [9.17, 15) is 0 Å². The van der Waals surface area contributed by atoms with Crippen LogP contribution in [-0.2, 0) is 16.4 Å². The first-order chi connectivity index (χ1) is 5.83. The molecule has 0 fully saturated rings. The van der Waals surface area contributed by atoms with E-state index in [1.165, 1.54) is 21.7 Å². The van der Waals surface area contributed by atoms with Crippen molar-refractivity contribution in [2.45, 2.75) is 34.6 Å². The van der Waals surface area contributed by atoms with Crippen molar-refractivity contribution in [2.24, 2.45) is 0 Å². The van der Waals surface area contributed by atoms with E-state index in [0.29, 0.717) is 13.2 Å². The summed E-state index contributed by atoms with van der Waals surface area (Å²) in [5, 5.41) is 16.4. The van der Waals surface area contributed by atoms with Crippen molar-refractivity contribution in [2.75, 3.05) is 13.2 Å². The van der Waals surface area contributed by atoms with Gasteiger partial charge in [0.05, 0.1) is 0 Å². The minimum atomic E-state index is 0. The summed E-state index contributed by atoms with van der Waals surface area (Å²) in [6.07, 6.45) is 4.39. The molecule has 0 saturated heterocycles. The molecule has 0 amide bonds. The van der Waals surface area contributed by atoms with Crippen molar-refractivity contribution in [3.63, 3.8) is 0 Å². The van der Waals surface area contributed by atoms with Gasteiger partial charge in [-0.2, -0.15) is 0 Å². The number of hydrogen-bond donors (Lipinski definition) is 2. The zero-order chi connectivity index (χ0) is 9.66. The zero-order valence-electron chi connectivity index (χ0n) is 8.78. The van der Waals surface area contributed by atoms with Crippen LogP contribution in [0.15, 0.2) is 0 Å². The Morgan fingerprint density at radius 3 is 0.933 bits per heavy atom. The Morgan fingerprint density at radius 2 is 0.867 bits per heavy atom. The summed E-state index contributed by atoms with van der Waals surface area (Å²) >= 11 is 3.17. The maximum absolute atomic E-state index is 8.21. The minimum Gasteiger partial charge on any atom is -2.00 e. The predicted molar refractivity (Wildman–Crippen MR) is 55.8 cm³/mol. The van der Waals surface area contributed by atoms with Crippen LogP contribution in [0.5, 0.6) is 0 Å². The molecule has 5 nitrogen and oxygen atoms in total. The van der Waals surface area contributed by atoms with Crippen LogP contribution in [0.3, 0.4) is 0 Å². The van der Waals surface area contributed by atoms with Crippen molar-refractivity contribution in [1.82, 2.24) is 0 Å². The van der Waals surface area contributed by atoms with Crippen molar-refractivity contribution in [3.8, 4) is 0 Å². The smallest absolute Gasteiger partial charge is 2.00 e. The van der Waals surface area contributed by atoms with Gasteiger partial charge >= 0.3 is 103 Å². The molecule has 0 aliphatic heterocycles.